The Labute approximate surface area is 133 Å². The second-order valence-electron chi connectivity index (χ2n) is 4.72. The lowest BCUT2D eigenvalue weighted by molar-refractivity contribution is 0.0736. The van der Waals surface area contributed by atoms with Gasteiger partial charge in [-0.2, -0.15) is 0 Å². The van der Waals surface area contributed by atoms with Gasteiger partial charge in [0.05, 0.1) is 0 Å². The molecule has 2 N–H and O–H groups in total. The third kappa shape index (κ3) is 4.65. The molecule has 0 aliphatic rings. The number of rotatable bonds is 6. The van der Waals surface area contributed by atoms with Crippen molar-refractivity contribution >= 4 is 21.8 Å². The SMILES string of the molecule is NCCCN(Cc1ccccc1)C(=O)c1ccc(Br)cn1. The Morgan fingerprint density at radius 1 is 1.19 bits per heavy atom. The summed E-state index contributed by atoms with van der Waals surface area (Å²) in [7, 11) is 0. The van der Waals surface area contributed by atoms with Gasteiger partial charge in [0.15, 0.2) is 0 Å². The molecule has 0 unspecified atom stereocenters. The number of halogens is 1. The van der Waals surface area contributed by atoms with E-state index < -0.39 is 0 Å². The zero-order valence-corrected chi connectivity index (χ0v) is 13.3. The van der Waals surface area contributed by atoms with Crippen LogP contribution in [0, 0.1) is 0 Å². The monoisotopic (exact) mass is 347 g/mol. The van der Waals surface area contributed by atoms with E-state index in [0.29, 0.717) is 25.3 Å². The molecule has 1 aromatic heterocycles. The Bertz CT molecular complexity index is 572. The van der Waals surface area contributed by atoms with Gasteiger partial charge in [-0.3, -0.25) is 4.79 Å². The van der Waals surface area contributed by atoms with Crippen LogP contribution < -0.4 is 5.73 Å². The predicted octanol–water partition coefficient (Wildman–Crippen LogP) is 2.84. The number of pyridine rings is 1. The van der Waals surface area contributed by atoms with Crippen LogP contribution in [0.4, 0.5) is 0 Å². The number of nitrogens with two attached hydrogens (primary N) is 1. The van der Waals surface area contributed by atoms with E-state index in [0.717, 1.165) is 16.5 Å². The average molecular weight is 348 g/mol. The Morgan fingerprint density at radius 2 is 1.95 bits per heavy atom. The van der Waals surface area contributed by atoms with Gasteiger partial charge in [-0.1, -0.05) is 30.3 Å². The molecule has 0 atom stereocenters. The standard InChI is InChI=1S/C16H18BrN3O/c17-14-7-8-15(19-11-14)16(21)20(10-4-9-18)12-13-5-2-1-3-6-13/h1-3,5-8,11H,4,9-10,12,18H2. The summed E-state index contributed by atoms with van der Waals surface area (Å²) in [5, 5.41) is 0. The molecule has 0 aliphatic carbocycles. The maximum absolute atomic E-state index is 12.6. The Balaban J connectivity index is 2.14. The summed E-state index contributed by atoms with van der Waals surface area (Å²) < 4.78 is 0.857. The highest BCUT2D eigenvalue weighted by atomic mass is 79.9. The van der Waals surface area contributed by atoms with Gasteiger partial charge in [0.2, 0.25) is 0 Å². The number of amides is 1. The summed E-state index contributed by atoms with van der Waals surface area (Å²) in [5.74, 6) is -0.0696. The van der Waals surface area contributed by atoms with Gasteiger partial charge in [0, 0.05) is 23.8 Å². The van der Waals surface area contributed by atoms with E-state index in [1.54, 1.807) is 17.2 Å². The molecule has 2 rings (SSSR count). The molecule has 0 aliphatic heterocycles. The van der Waals surface area contributed by atoms with Crippen LogP contribution in [-0.2, 0) is 6.54 Å². The van der Waals surface area contributed by atoms with Crippen molar-refractivity contribution in [2.75, 3.05) is 13.1 Å². The van der Waals surface area contributed by atoms with Gasteiger partial charge in [0.25, 0.3) is 5.91 Å². The summed E-state index contributed by atoms with van der Waals surface area (Å²) >= 11 is 3.32. The number of nitrogens with zero attached hydrogens (tertiary/aromatic N) is 2. The van der Waals surface area contributed by atoms with Crippen LogP contribution in [0.5, 0.6) is 0 Å². The lowest BCUT2D eigenvalue weighted by Crippen LogP contribution is -2.33. The normalized spacial score (nSPS) is 10.4. The van der Waals surface area contributed by atoms with Crippen molar-refractivity contribution in [1.29, 1.82) is 0 Å². The second-order valence-corrected chi connectivity index (χ2v) is 5.63. The lowest BCUT2D eigenvalue weighted by Gasteiger charge is -2.22. The average Bonchev–Trinajstić information content (AvgIpc) is 2.52. The Morgan fingerprint density at radius 3 is 2.57 bits per heavy atom. The largest absolute Gasteiger partial charge is 0.333 e. The molecule has 0 saturated heterocycles. The van der Waals surface area contributed by atoms with Crippen LogP contribution in [0.1, 0.15) is 22.5 Å². The van der Waals surface area contributed by atoms with Crippen molar-refractivity contribution in [3.8, 4) is 0 Å². The van der Waals surface area contributed by atoms with E-state index in [2.05, 4.69) is 20.9 Å². The van der Waals surface area contributed by atoms with Gasteiger partial charge in [-0.15, -0.1) is 0 Å². The minimum atomic E-state index is -0.0696. The molecular weight excluding hydrogens is 330 g/mol. The Hall–Kier alpha value is -1.72. The minimum absolute atomic E-state index is 0.0696. The van der Waals surface area contributed by atoms with Crippen molar-refractivity contribution in [3.05, 3.63) is 64.4 Å². The maximum Gasteiger partial charge on any atom is 0.272 e. The topological polar surface area (TPSA) is 59.2 Å². The highest BCUT2D eigenvalue weighted by molar-refractivity contribution is 9.10. The number of hydrogen-bond donors (Lipinski definition) is 1. The zero-order valence-electron chi connectivity index (χ0n) is 11.7. The smallest absolute Gasteiger partial charge is 0.272 e. The van der Waals surface area contributed by atoms with Crippen molar-refractivity contribution in [1.82, 2.24) is 9.88 Å². The van der Waals surface area contributed by atoms with E-state index in [1.165, 1.54) is 0 Å². The lowest BCUT2D eigenvalue weighted by atomic mass is 10.2. The molecule has 0 spiro atoms. The molecule has 1 heterocycles. The number of hydrogen-bond acceptors (Lipinski definition) is 3. The second kappa shape index (κ2) is 7.90. The third-order valence-electron chi connectivity index (χ3n) is 3.08. The first kappa shape index (κ1) is 15.7. The van der Waals surface area contributed by atoms with Gasteiger partial charge >= 0.3 is 0 Å². The third-order valence-corrected chi connectivity index (χ3v) is 3.55. The number of aromatic nitrogens is 1. The molecular formula is C16H18BrN3O. The minimum Gasteiger partial charge on any atom is -0.333 e. The van der Waals surface area contributed by atoms with Crippen molar-refractivity contribution < 1.29 is 4.79 Å². The van der Waals surface area contributed by atoms with Crippen LogP contribution >= 0.6 is 15.9 Å². The fourth-order valence-electron chi connectivity index (χ4n) is 2.00. The molecule has 2 aromatic rings. The quantitative estimate of drug-likeness (QED) is 0.873. The van der Waals surface area contributed by atoms with Crippen LogP contribution in [0.15, 0.2) is 53.1 Å². The molecule has 0 fully saturated rings. The van der Waals surface area contributed by atoms with Crippen molar-refractivity contribution in [2.24, 2.45) is 5.73 Å². The Kier molecular flexibility index (Phi) is 5.90. The fourth-order valence-corrected chi connectivity index (χ4v) is 2.24. The van der Waals surface area contributed by atoms with Crippen LogP contribution in [0.3, 0.4) is 0 Å². The highest BCUT2D eigenvalue weighted by Crippen LogP contribution is 2.12. The molecule has 0 radical (unpaired) electrons. The molecule has 0 saturated carbocycles. The molecule has 110 valence electrons. The van der Waals surface area contributed by atoms with Crippen LogP contribution in [0.25, 0.3) is 0 Å². The van der Waals surface area contributed by atoms with Crippen molar-refractivity contribution in [2.45, 2.75) is 13.0 Å². The summed E-state index contributed by atoms with van der Waals surface area (Å²) in [5.41, 5.74) is 7.12. The fraction of sp³-hybridized carbons (Fsp3) is 0.250. The first-order chi connectivity index (χ1) is 10.2. The van der Waals surface area contributed by atoms with Gasteiger partial charge < -0.3 is 10.6 Å². The predicted molar refractivity (Wildman–Crippen MR) is 86.8 cm³/mol. The van der Waals surface area contributed by atoms with E-state index in [9.17, 15) is 4.79 Å². The van der Waals surface area contributed by atoms with Crippen molar-refractivity contribution in [3.63, 3.8) is 0 Å². The molecule has 4 nitrogen and oxygen atoms in total. The van der Waals surface area contributed by atoms with E-state index >= 15 is 0 Å². The maximum atomic E-state index is 12.6. The first-order valence-corrected chi connectivity index (χ1v) is 7.65. The number of carbonyl (C=O) groups is 1. The summed E-state index contributed by atoms with van der Waals surface area (Å²) in [6, 6.07) is 13.5. The van der Waals surface area contributed by atoms with E-state index in [1.807, 2.05) is 36.4 Å². The van der Waals surface area contributed by atoms with Gasteiger partial charge in [-0.05, 0) is 46.6 Å². The van der Waals surface area contributed by atoms with Crippen LogP contribution in [-0.4, -0.2) is 28.9 Å². The molecule has 0 bridgehead atoms. The summed E-state index contributed by atoms with van der Waals surface area (Å²) in [4.78, 5) is 18.5. The number of carbonyl (C=O) groups excluding carboxylic acids is 1. The molecule has 21 heavy (non-hydrogen) atoms. The summed E-state index contributed by atoms with van der Waals surface area (Å²) in [6.07, 6.45) is 2.41. The van der Waals surface area contributed by atoms with E-state index in [4.69, 9.17) is 5.73 Å². The number of benzene rings is 1. The summed E-state index contributed by atoms with van der Waals surface area (Å²) in [6.45, 7) is 1.76. The molecule has 1 amide bonds. The molecule has 1 aromatic carbocycles. The van der Waals surface area contributed by atoms with Gasteiger partial charge in [-0.25, -0.2) is 4.98 Å². The van der Waals surface area contributed by atoms with Gasteiger partial charge in [0.1, 0.15) is 5.69 Å². The first-order valence-electron chi connectivity index (χ1n) is 6.85. The zero-order chi connectivity index (χ0) is 15.1. The highest BCUT2D eigenvalue weighted by Gasteiger charge is 2.16. The van der Waals surface area contributed by atoms with E-state index in [-0.39, 0.29) is 5.91 Å². The van der Waals surface area contributed by atoms with Crippen LogP contribution in [0.2, 0.25) is 0 Å². The molecule has 5 heteroatoms.